The van der Waals surface area contributed by atoms with Crippen molar-refractivity contribution in [1.29, 1.82) is 0 Å². The van der Waals surface area contributed by atoms with Crippen molar-refractivity contribution >= 4 is 23.7 Å². The molecule has 6 atom stereocenters. The maximum Gasteiger partial charge on any atom is 0.273 e. The first-order valence-electron chi connectivity index (χ1n) is 13.6. The summed E-state index contributed by atoms with van der Waals surface area (Å²) in [5.74, 6) is -0.286. The summed E-state index contributed by atoms with van der Waals surface area (Å²) < 4.78 is 0. The van der Waals surface area contributed by atoms with Crippen molar-refractivity contribution in [3.05, 3.63) is 18.5 Å². The summed E-state index contributed by atoms with van der Waals surface area (Å²) in [6, 6.07) is -0.328. The molecule has 2 aliphatic carbocycles. The van der Waals surface area contributed by atoms with E-state index in [1.165, 1.54) is 4.90 Å². The lowest BCUT2D eigenvalue weighted by molar-refractivity contribution is -0.147. The van der Waals surface area contributed by atoms with Crippen LogP contribution in [-0.4, -0.2) is 73.0 Å². The zero-order chi connectivity index (χ0) is 26.8. The second kappa shape index (κ2) is 8.92. The molecule has 5 rings (SSSR count). The van der Waals surface area contributed by atoms with Gasteiger partial charge in [-0.2, -0.15) is 0 Å². The lowest BCUT2D eigenvalue weighted by Gasteiger charge is -2.35. The van der Waals surface area contributed by atoms with Gasteiger partial charge >= 0.3 is 0 Å². The van der Waals surface area contributed by atoms with Crippen LogP contribution in [0.1, 0.15) is 72.6 Å². The van der Waals surface area contributed by atoms with E-state index in [2.05, 4.69) is 22.2 Å². The van der Waals surface area contributed by atoms with Crippen LogP contribution in [0.15, 0.2) is 18.5 Å². The molecular weight excluding hydrogens is 472 g/mol. The van der Waals surface area contributed by atoms with Crippen LogP contribution >= 0.6 is 0 Å². The highest BCUT2D eigenvalue weighted by Gasteiger charge is 2.72. The number of nitrogens with one attached hydrogen (secondary N) is 1. The minimum Gasteiger partial charge on any atom is -0.365 e. The summed E-state index contributed by atoms with van der Waals surface area (Å²) in [7, 11) is 0. The monoisotopic (exact) mass is 512 g/mol. The predicted molar refractivity (Wildman–Crippen MR) is 137 cm³/mol. The topological polar surface area (TPSA) is 142 Å². The number of rotatable bonds is 8. The van der Waals surface area contributed by atoms with Crippen molar-refractivity contribution in [2.24, 2.45) is 28.4 Å². The number of nitrogens with zero attached hydrogens (tertiary/aromatic N) is 4. The normalized spacial score (nSPS) is 33.7. The number of carbonyl (C=O) groups excluding carboxylic acids is 3. The van der Waals surface area contributed by atoms with Gasteiger partial charge in [-0.25, -0.2) is 9.97 Å². The van der Waals surface area contributed by atoms with E-state index in [0.29, 0.717) is 37.2 Å². The first-order valence-corrected chi connectivity index (χ1v) is 13.6. The molecule has 2 saturated carbocycles. The Hall–Kier alpha value is -2.75. The van der Waals surface area contributed by atoms with E-state index in [0.717, 1.165) is 32.1 Å². The Kier molecular flexibility index (Phi) is 6.24. The zero-order valence-corrected chi connectivity index (χ0v) is 22.3. The van der Waals surface area contributed by atoms with Crippen LogP contribution in [0.4, 0.5) is 5.95 Å². The quantitative estimate of drug-likeness (QED) is 0.452. The summed E-state index contributed by atoms with van der Waals surface area (Å²) in [6.45, 7) is 8.51. The zero-order valence-electron chi connectivity index (χ0n) is 22.3. The summed E-state index contributed by atoms with van der Waals surface area (Å²) in [4.78, 5) is 51.9. The van der Waals surface area contributed by atoms with Crippen LogP contribution in [0, 0.1) is 22.7 Å². The molecule has 202 valence electrons. The van der Waals surface area contributed by atoms with E-state index in [4.69, 9.17) is 5.73 Å². The van der Waals surface area contributed by atoms with Gasteiger partial charge in [-0.1, -0.05) is 53.4 Å². The van der Waals surface area contributed by atoms with Crippen molar-refractivity contribution in [3.8, 4) is 0 Å². The molecule has 1 aromatic rings. The number of carbonyl (C=O) groups is 3. The average Bonchev–Trinajstić information content (AvgIpc) is 3.61. The maximum absolute atomic E-state index is 14.2. The van der Waals surface area contributed by atoms with Crippen molar-refractivity contribution in [2.75, 3.05) is 11.9 Å². The fourth-order valence-corrected chi connectivity index (χ4v) is 6.65. The molecule has 4 fully saturated rings. The standard InChI is InChI=1S/C27H40N6O4/c1-5-17-13-26(17)14-18(21(34)33-19(12-16-8-6-9-16)27(33,37)23(28)36)32(15-26)22(35)20(25(2,3)4)31-24-29-10-7-11-30-24/h7,10-11,16-20,37H,5-6,8-9,12-15H2,1-4H3,(H2,28,36)(H,29,30,31)/t17?,18-,19?,20?,26-,27?,33?/m0/s1. The van der Waals surface area contributed by atoms with E-state index in [-0.39, 0.29) is 17.2 Å². The molecule has 37 heavy (non-hydrogen) atoms. The Labute approximate surface area is 218 Å². The van der Waals surface area contributed by atoms with Gasteiger partial charge in [-0.05, 0) is 48.0 Å². The molecule has 0 radical (unpaired) electrons. The van der Waals surface area contributed by atoms with Gasteiger partial charge in [0, 0.05) is 18.9 Å². The summed E-state index contributed by atoms with van der Waals surface area (Å²) >= 11 is 0. The van der Waals surface area contributed by atoms with Crippen LogP contribution in [-0.2, 0) is 14.4 Å². The second-order valence-electron chi connectivity index (χ2n) is 12.7. The fourth-order valence-electron chi connectivity index (χ4n) is 6.65. The van der Waals surface area contributed by atoms with E-state index in [1.54, 1.807) is 23.4 Å². The molecule has 4 N–H and O–H groups in total. The van der Waals surface area contributed by atoms with E-state index in [9.17, 15) is 19.5 Å². The van der Waals surface area contributed by atoms with E-state index < -0.39 is 35.2 Å². The SMILES string of the molecule is CCC1C[C@@]12C[C@@H](C(=O)N1C(CC3CCC3)C1(O)C(N)=O)N(C(=O)C(Nc1ncccn1)C(C)(C)C)C2. The molecule has 10 heteroatoms. The van der Waals surface area contributed by atoms with Gasteiger partial charge < -0.3 is 21.1 Å². The first kappa shape index (κ1) is 25.9. The van der Waals surface area contributed by atoms with Crippen LogP contribution in [0.25, 0.3) is 0 Å². The third-order valence-electron chi connectivity index (χ3n) is 9.29. The Morgan fingerprint density at radius 1 is 1.22 bits per heavy atom. The highest BCUT2D eigenvalue weighted by atomic mass is 16.4. The molecule has 1 aromatic heterocycles. The third-order valence-corrected chi connectivity index (χ3v) is 9.29. The molecule has 0 bridgehead atoms. The minimum absolute atomic E-state index is 0.0965. The number of hydrogen-bond donors (Lipinski definition) is 3. The van der Waals surface area contributed by atoms with Crippen LogP contribution in [0.2, 0.25) is 0 Å². The smallest absolute Gasteiger partial charge is 0.273 e. The molecule has 2 aliphatic heterocycles. The van der Waals surface area contributed by atoms with E-state index >= 15 is 0 Å². The van der Waals surface area contributed by atoms with Gasteiger partial charge in [-0.3, -0.25) is 19.3 Å². The molecule has 3 amide bonds. The number of aliphatic hydroxyl groups is 1. The fraction of sp³-hybridized carbons (Fsp3) is 0.741. The number of amides is 3. The molecule has 4 aliphatic rings. The Morgan fingerprint density at radius 2 is 1.89 bits per heavy atom. The van der Waals surface area contributed by atoms with Gasteiger partial charge in [0.2, 0.25) is 23.5 Å². The minimum atomic E-state index is -1.97. The molecule has 0 aromatic carbocycles. The Bertz CT molecular complexity index is 1070. The van der Waals surface area contributed by atoms with Gasteiger partial charge in [0.05, 0.1) is 6.04 Å². The number of nitrogens with two attached hydrogens (primary N) is 1. The largest absolute Gasteiger partial charge is 0.365 e. The number of likely N-dealkylation sites (tertiary alicyclic amines) is 1. The maximum atomic E-state index is 14.2. The highest BCUT2D eigenvalue weighted by Crippen LogP contribution is 2.62. The van der Waals surface area contributed by atoms with Gasteiger partial charge in [0.1, 0.15) is 12.1 Å². The molecule has 4 unspecified atom stereocenters. The van der Waals surface area contributed by atoms with E-state index in [1.807, 2.05) is 20.8 Å². The Morgan fingerprint density at radius 3 is 2.41 bits per heavy atom. The van der Waals surface area contributed by atoms with Crippen molar-refractivity contribution in [2.45, 2.75) is 96.5 Å². The van der Waals surface area contributed by atoms with Gasteiger partial charge in [0.15, 0.2) is 0 Å². The molecular formula is C27H40N6O4. The third kappa shape index (κ3) is 4.36. The molecule has 3 heterocycles. The Balaban J connectivity index is 1.42. The number of aromatic nitrogens is 2. The number of anilines is 1. The van der Waals surface area contributed by atoms with Crippen LogP contribution in [0.5, 0.6) is 0 Å². The lowest BCUT2D eigenvalue weighted by atomic mass is 9.81. The van der Waals surface area contributed by atoms with Crippen molar-refractivity contribution in [1.82, 2.24) is 19.8 Å². The van der Waals surface area contributed by atoms with Crippen LogP contribution in [0.3, 0.4) is 0 Å². The average molecular weight is 513 g/mol. The molecule has 1 spiro atoms. The van der Waals surface area contributed by atoms with Gasteiger partial charge in [0.25, 0.3) is 5.91 Å². The second-order valence-corrected chi connectivity index (χ2v) is 12.7. The molecule has 10 nitrogen and oxygen atoms in total. The number of hydrogen-bond acceptors (Lipinski definition) is 7. The van der Waals surface area contributed by atoms with Gasteiger partial charge in [-0.15, -0.1) is 0 Å². The summed E-state index contributed by atoms with van der Waals surface area (Å²) in [6.07, 6.45) is 9.46. The highest BCUT2D eigenvalue weighted by molar-refractivity contribution is 5.99. The van der Waals surface area contributed by atoms with Crippen molar-refractivity contribution < 1.29 is 19.5 Å². The first-order chi connectivity index (χ1) is 17.4. The molecule has 2 saturated heterocycles. The predicted octanol–water partition coefficient (Wildman–Crippen LogP) is 1.90. The van der Waals surface area contributed by atoms with Crippen LogP contribution < -0.4 is 11.1 Å². The van der Waals surface area contributed by atoms with Crippen molar-refractivity contribution in [3.63, 3.8) is 0 Å². The lowest BCUT2D eigenvalue weighted by Crippen LogP contribution is -2.54. The number of primary amides is 1. The summed E-state index contributed by atoms with van der Waals surface area (Å²) in [5.41, 5.74) is 3.04. The summed E-state index contributed by atoms with van der Waals surface area (Å²) in [5, 5.41) is 14.3.